The number of carbonyl (C=O) groups excluding carboxylic acids is 5. The molecule has 2 heterocycles. The maximum absolute atomic E-state index is 13.4. The zero-order valence-corrected chi connectivity index (χ0v) is 26.5. The highest BCUT2D eigenvalue weighted by Gasteiger charge is 2.41. The number of piperidine rings is 2. The summed E-state index contributed by atoms with van der Waals surface area (Å²) in [6, 6.07) is 15.0. The minimum atomic E-state index is -1.85. The van der Waals surface area contributed by atoms with Crippen LogP contribution in [-0.2, 0) is 30.5 Å². The standard InChI is InChI=1S/C34H44N4O8/c1-3-45-32(43)34(2,35-30(41)26-12-14-28(39)15-13-26)36-31(42)27-10-7-19-38(22-27)29(40)16-11-24-17-20-37(21-18-24)33(44)46-23-25-8-5-4-6-9-25/h4-6,8-9,12-15,24,27,39H,3,7,10-11,16-23H2,1-2H3,(H,35,41)(H,36,42)/t27-,34+/m1/s1. The van der Waals surface area contributed by atoms with Gasteiger partial charge in [-0.2, -0.15) is 0 Å². The van der Waals surface area contributed by atoms with E-state index in [2.05, 4.69) is 10.6 Å². The lowest BCUT2D eigenvalue weighted by molar-refractivity contribution is -0.154. The summed E-state index contributed by atoms with van der Waals surface area (Å²) in [5.41, 5.74) is -0.727. The number of phenols is 1. The van der Waals surface area contributed by atoms with Crippen molar-refractivity contribution < 1.29 is 38.6 Å². The third-order valence-corrected chi connectivity index (χ3v) is 8.54. The van der Waals surface area contributed by atoms with E-state index in [1.807, 2.05) is 30.3 Å². The number of carbonyl (C=O) groups is 5. The van der Waals surface area contributed by atoms with Gasteiger partial charge in [0.2, 0.25) is 17.5 Å². The number of amides is 4. The molecule has 3 N–H and O–H groups in total. The third kappa shape index (κ3) is 9.45. The van der Waals surface area contributed by atoms with Crippen LogP contribution in [0.4, 0.5) is 4.79 Å². The molecule has 2 aromatic rings. The van der Waals surface area contributed by atoms with Crippen molar-refractivity contribution in [2.24, 2.45) is 11.8 Å². The number of aromatic hydroxyl groups is 1. The molecule has 4 amide bonds. The van der Waals surface area contributed by atoms with Gasteiger partial charge in [0, 0.05) is 38.2 Å². The number of esters is 1. The fraction of sp³-hybridized carbons (Fsp3) is 0.500. The highest BCUT2D eigenvalue weighted by Crippen LogP contribution is 2.25. The second kappa shape index (κ2) is 16.1. The zero-order valence-electron chi connectivity index (χ0n) is 26.5. The third-order valence-electron chi connectivity index (χ3n) is 8.54. The minimum absolute atomic E-state index is 0.0171. The summed E-state index contributed by atoms with van der Waals surface area (Å²) in [6.07, 6.45) is 3.46. The molecule has 0 unspecified atom stereocenters. The van der Waals surface area contributed by atoms with Crippen LogP contribution in [0.15, 0.2) is 54.6 Å². The molecule has 12 heteroatoms. The van der Waals surface area contributed by atoms with E-state index >= 15 is 0 Å². The SMILES string of the molecule is CCOC(=O)[C@@](C)(NC(=O)c1ccc(O)cc1)NC(=O)[C@@H]1CCCN(C(=O)CCC2CCN(C(=O)OCc3ccccc3)CC2)C1. The normalized spacial score (nSPS) is 18.2. The molecule has 248 valence electrons. The number of hydrogen-bond donors (Lipinski definition) is 3. The maximum Gasteiger partial charge on any atom is 0.410 e. The molecular weight excluding hydrogens is 592 g/mol. The smallest absolute Gasteiger partial charge is 0.410 e. The highest BCUT2D eigenvalue weighted by atomic mass is 16.6. The second-order valence-electron chi connectivity index (χ2n) is 12.0. The van der Waals surface area contributed by atoms with Crippen molar-refractivity contribution in [3.8, 4) is 5.75 Å². The number of rotatable bonds is 11. The van der Waals surface area contributed by atoms with Gasteiger partial charge in [0.25, 0.3) is 5.91 Å². The molecule has 46 heavy (non-hydrogen) atoms. The van der Waals surface area contributed by atoms with Gasteiger partial charge in [0.15, 0.2) is 0 Å². The molecule has 2 aliphatic heterocycles. The Hall–Kier alpha value is -4.61. The maximum atomic E-state index is 13.4. The second-order valence-corrected chi connectivity index (χ2v) is 12.0. The molecule has 2 atom stereocenters. The van der Waals surface area contributed by atoms with Gasteiger partial charge in [-0.25, -0.2) is 9.59 Å². The summed E-state index contributed by atoms with van der Waals surface area (Å²) in [5.74, 6) is -2.23. The monoisotopic (exact) mass is 636 g/mol. The first kappa shape index (κ1) is 34.3. The van der Waals surface area contributed by atoms with Gasteiger partial charge in [-0.1, -0.05) is 30.3 Å². The van der Waals surface area contributed by atoms with E-state index < -0.39 is 29.4 Å². The van der Waals surface area contributed by atoms with Crippen LogP contribution in [0, 0.1) is 11.8 Å². The van der Waals surface area contributed by atoms with Gasteiger partial charge in [0.1, 0.15) is 12.4 Å². The van der Waals surface area contributed by atoms with E-state index in [1.165, 1.54) is 31.2 Å². The van der Waals surface area contributed by atoms with Crippen LogP contribution in [0.3, 0.4) is 0 Å². The van der Waals surface area contributed by atoms with Gasteiger partial charge in [-0.15, -0.1) is 0 Å². The van der Waals surface area contributed by atoms with E-state index in [4.69, 9.17) is 9.47 Å². The summed E-state index contributed by atoms with van der Waals surface area (Å²) >= 11 is 0. The number of nitrogens with zero attached hydrogens (tertiary/aromatic N) is 2. The summed E-state index contributed by atoms with van der Waals surface area (Å²) in [6.45, 7) is 5.18. The van der Waals surface area contributed by atoms with Crippen LogP contribution in [-0.4, -0.2) is 83.1 Å². The van der Waals surface area contributed by atoms with Gasteiger partial charge in [-0.3, -0.25) is 14.4 Å². The van der Waals surface area contributed by atoms with E-state index in [1.54, 1.807) is 16.7 Å². The molecule has 0 saturated carbocycles. The van der Waals surface area contributed by atoms with Crippen molar-refractivity contribution in [3.63, 3.8) is 0 Å². The molecule has 0 bridgehead atoms. The first-order valence-corrected chi connectivity index (χ1v) is 15.9. The van der Waals surface area contributed by atoms with Crippen molar-refractivity contribution >= 4 is 29.8 Å². The Morgan fingerprint density at radius 2 is 1.59 bits per heavy atom. The lowest BCUT2D eigenvalue weighted by atomic mass is 9.91. The van der Waals surface area contributed by atoms with Gasteiger partial charge in [-0.05, 0) is 81.7 Å². The Bertz CT molecular complexity index is 1360. The summed E-state index contributed by atoms with van der Waals surface area (Å²) in [7, 11) is 0. The molecular formula is C34H44N4O8. The van der Waals surface area contributed by atoms with E-state index in [9.17, 15) is 29.1 Å². The summed E-state index contributed by atoms with van der Waals surface area (Å²) in [4.78, 5) is 68.2. The fourth-order valence-electron chi connectivity index (χ4n) is 5.79. The van der Waals surface area contributed by atoms with Crippen LogP contribution >= 0.6 is 0 Å². The van der Waals surface area contributed by atoms with E-state index in [0.717, 1.165) is 18.4 Å². The Balaban J connectivity index is 1.24. The van der Waals surface area contributed by atoms with Crippen molar-refractivity contribution in [3.05, 3.63) is 65.7 Å². The Morgan fingerprint density at radius 3 is 2.26 bits per heavy atom. The number of benzene rings is 2. The lowest BCUT2D eigenvalue weighted by Crippen LogP contribution is -2.65. The fourth-order valence-corrected chi connectivity index (χ4v) is 5.79. The largest absolute Gasteiger partial charge is 0.508 e. The highest BCUT2D eigenvalue weighted by molar-refractivity contribution is 5.99. The minimum Gasteiger partial charge on any atom is -0.508 e. The molecule has 0 radical (unpaired) electrons. The molecule has 0 spiro atoms. The number of likely N-dealkylation sites (tertiary alicyclic amines) is 2. The zero-order chi connectivity index (χ0) is 33.1. The molecule has 4 rings (SSSR count). The average Bonchev–Trinajstić information content (AvgIpc) is 3.07. The van der Waals surface area contributed by atoms with Crippen molar-refractivity contribution in [1.29, 1.82) is 0 Å². The van der Waals surface area contributed by atoms with Crippen LogP contribution < -0.4 is 10.6 Å². The van der Waals surface area contributed by atoms with Crippen molar-refractivity contribution in [1.82, 2.24) is 20.4 Å². The van der Waals surface area contributed by atoms with Gasteiger partial charge in [0.05, 0.1) is 12.5 Å². The predicted octanol–water partition coefficient (Wildman–Crippen LogP) is 3.59. The first-order valence-electron chi connectivity index (χ1n) is 15.9. The topological polar surface area (TPSA) is 155 Å². The molecule has 12 nitrogen and oxygen atoms in total. The van der Waals surface area contributed by atoms with E-state index in [-0.39, 0.29) is 43.1 Å². The van der Waals surface area contributed by atoms with Crippen LogP contribution in [0.2, 0.25) is 0 Å². The van der Waals surface area contributed by atoms with Crippen LogP contribution in [0.1, 0.15) is 68.3 Å². The Labute approximate surface area is 269 Å². The number of ether oxygens (including phenoxy) is 2. The Morgan fingerprint density at radius 1 is 0.891 bits per heavy atom. The molecule has 2 saturated heterocycles. The summed E-state index contributed by atoms with van der Waals surface area (Å²) in [5, 5.41) is 14.7. The lowest BCUT2D eigenvalue weighted by Gasteiger charge is -2.36. The predicted molar refractivity (Wildman–Crippen MR) is 168 cm³/mol. The molecule has 2 aromatic carbocycles. The van der Waals surface area contributed by atoms with Crippen LogP contribution in [0.25, 0.3) is 0 Å². The van der Waals surface area contributed by atoms with E-state index in [0.29, 0.717) is 51.2 Å². The number of phenolic OH excluding ortho intramolecular Hbond substituents is 1. The summed E-state index contributed by atoms with van der Waals surface area (Å²) < 4.78 is 10.6. The van der Waals surface area contributed by atoms with Gasteiger partial charge < -0.3 is 35.0 Å². The quantitative estimate of drug-likeness (QED) is 0.250. The average molecular weight is 637 g/mol. The Kier molecular flexibility index (Phi) is 12.0. The molecule has 2 aliphatic rings. The van der Waals surface area contributed by atoms with Gasteiger partial charge >= 0.3 is 12.1 Å². The number of nitrogens with one attached hydrogen (secondary N) is 2. The molecule has 0 aromatic heterocycles. The van der Waals surface area contributed by atoms with Crippen molar-refractivity contribution in [2.45, 2.75) is 64.6 Å². The van der Waals surface area contributed by atoms with Crippen molar-refractivity contribution in [2.75, 3.05) is 32.8 Å². The molecule has 0 aliphatic carbocycles. The van der Waals surface area contributed by atoms with Crippen LogP contribution in [0.5, 0.6) is 5.75 Å². The number of hydrogen-bond acceptors (Lipinski definition) is 8. The molecule has 2 fully saturated rings. The first-order chi connectivity index (χ1) is 22.1.